The van der Waals surface area contributed by atoms with Crippen LogP contribution in [0.1, 0.15) is 30.7 Å². The summed E-state index contributed by atoms with van der Waals surface area (Å²) in [5.74, 6) is 1.04. The molecule has 5 rings (SSSR count). The fourth-order valence-corrected chi connectivity index (χ4v) is 5.80. The number of amides is 1. The number of nitrogens with zero attached hydrogens (tertiary/aromatic N) is 4. The van der Waals surface area contributed by atoms with Crippen LogP contribution in [0.5, 0.6) is 0 Å². The second kappa shape index (κ2) is 11.9. The van der Waals surface area contributed by atoms with Crippen molar-refractivity contribution in [2.45, 2.75) is 55.5 Å². The lowest BCUT2D eigenvalue weighted by atomic mass is 10.0. The summed E-state index contributed by atoms with van der Waals surface area (Å²) < 4.78 is 7.49. The number of hydrazine groups is 1. The molecule has 204 valence electrons. The third kappa shape index (κ3) is 5.76. The van der Waals surface area contributed by atoms with Crippen molar-refractivity contribution in [3.05, 3.63) is 48.5 Å². The summed E-state index contributed by atoms with van der Waals surface area (Å²) in [7, 11) is 0. The van der Waals surface area contributed by atoms with Crippen LogP contribution in [0.25, 0.3) is 11.2 Å². The van der Waals surface area contributed by atoms with Crippen LogP contribution in [0.3, 0.4) is 0 Å². The van der Waals surface area contributed by atoms with E-state index in [1.54, 1.807) is 4.57 Å². The van der Waals surface area contributed by atoms with E-state index in [-0.39, 0.29) is 23.8 Å². The number of hydrogen-bond acceptors (Lipinski definition) is 12. The maximum Gasteiger partial charge on any atom is 0.237 e. The molecule has 2 aliphatic heterocycles. The van der Waals surface area contributed by atoms with Crippen molar-refractivity contribution < 1.29 is 19.7 Å². The summed E-state index contributed by atoms with van der Waals surface area (Å²) in [5, 5.41) is 24.1. The Morgan fingerprint density at radius 3 is 2.84 bits per heavy atom. The van der Waals surface area contributed by atoms with Crippen molar-refractivity contribution in [3.8, 4) is 0 Å². The largest absolute Gasteiger partial charge is 0.387 e. The number of nitrogen functional groups attached to an aromatic ring is 1. The SMILES string of the molecule is Nc1ncnc2c1ncn2[C@@H]1O[C@H](CSCC[C@H](N)C(=O)NCC2CC(c3ccccc3)NN2)[C@@H](O)[C@H]1O. The Labute approximate surface area is 223 Å². The number of aliphatic hydroxyl groups excluding tert-OH is 2. The topological polar surface area (TPSA) is 198 Å². The number of ether oxygens (including phenoxy) is 1. The van der Waals surface area contributed by atoms with Gasteiger partial charge < -0.3 is 31.7 Å². The van der Waals surface area contributed by atoms with Crippen LogP contribution >= 0.6 is 11.8 Å². The highest BCUT2D eigenvalue weighted by molar-refractivity contribution is 7.99. The van der Waals surface area contributed by atoms with E-state index in [1.165, 1.54) is 30.0 Å². The lowest BCUT2D eigenvalue weighted by Gasteiger charge is -2.17. The Morgan fingerprint density at radius 1 is 1.21 bits per heavy atom. The van der Waals surface area contributed by atoms with Crippen LogP contribution < -0.4 is 27.6 Å². The Bertz CT molecular complexity index is 1230. The number of hydrogen-bond donors (Lipinski definition) is 7. The van der Waals surface area contributed by atoms with Gasteiger partial charge in [0.2, 0.25) is 5.91 Å². The highest BCUT2D eigenvalue weighted by Gasteiger charge is 2.44. The molecular weight excluding hydrogens is 510 g/mol. The molecule has 9 N–H and O–H groups in total. The van der Waals surface area contributed by atoms with Crippen LogP contribution in [-0.2, 0) is 9.53 Å². The second-order valence-electron chi connectivity index (χ2n) is 9.53. The first-order chi connectivity index (χ1) is 18.4. The summed E-state index contributed by atoms with van der Waals surface area (Å²) in [4.78, 5) is 24.8. The number of anilines is 1. The number of nitrogens with two attached hydrogens (primary N) is 2. The molecule has 13 nitrogen and oxygen atoms in total. The van der Waals surface area contributed by atoms with E-state index in [4.69, 9.17) is 16.2 Å². The molecule has 0 bridgehead atoms. The Balaban J connectivity index is 1.03. The summed E-state index contributed by atoms with van der Waals surface area (Å²) in [6.07, 6.45) is 0.377. The van der Waals surface area contributed by atoms with E-state index in [2.05, 4.69) is 43.3 Å². The van der Waals surface area contributed by atoms with Gasteiger partial charge in [0, 0.05) is 24.4 Å². The molecule has 0 radical (unpaired) electrons. The van der Waals surface area contributed by atoms with E-state index in [9.17, 15) is 15.0 Å². The first-order valence-corrected chi connectivity index (χ1v) is 13.7. The van der Waals surface area contributed by atoms with Crippen molar-refractivity contribution >= 4 is 34.7 Å². The Hall–Kier alpha value is -2.85. The molecule has 4 heterocycles. The van der Waals surface area contributed by atoms with E-state index in [1.807, 2.05) is 18.2 Å². The third-order valence-corrected chi connectivity index (χ3v) is 7.99. The predicted molar refractivity (Wildman–Crippen MR) is 142 cm³/mol. The zero-order valence-electron chi connectivity index (χ0n) is 20.7. The van der Waals surface area contributed by atoms with Gasteiger partial charge in [-0.1, -0.05) is 30.3 Å². The first-order valence-electron chi connectivity index (χ1n) is 12.5. The maximum absolute atomic E-state index is 12.5. The van der Waals surface area contributed by atoms with Gasteiger partial charge in [-0.05, 0) is 24.2 Å². The molecule has 0 saturated carbocycles. The minimum absolute atomic E-state index is 0.113. The summed E-state index contributed by atoms with van der Waals surface area (Å²) >= 11 is 1.50. The molecule has 14 heteroatoms. The summed E-state index contributed by atoms with van der Waals surface area (Å²) in [6, 6.07) is 9.84. The van der Waals surface area contributed by atoms with Crippen molar-refractivity contribution in [2.75, 3.05) is 23.8 Å². The second-order valence-corrected chi connectivity index (χ2v) is 10.7. The minimum Gasteiger partial charge on any atom is -0.387 e. The van der Waals surface area contributed by atoms with E-state index < -0.39 is 30.6 Å². The molecule has 38 heavy (non-hydrogen) atoms. The molecule has 2 fully saturated rings. The van der Waals surface area contributed by atoms with Crippen molar-refractivity contribution in [3.63, 3.8) is 0 Å². The molecule has 3 aromatic rings. The van der Waals surface area contributed by atoms with Gasteiger partial charge in [-0.15, -0.1) is 0 Å². The molecular formula is C24H33N9O4S. The molecule has 1 aromatic carbocycles. The lowest BCUT2D eigenvalue weighted by Crippen LogP contribution is -2.46. The number of imidazole rings is 1. The average Bonchev–Trinajstić information content (AvgIpc) is 3.65. The monoisotopic (exact) mass is 543 g/mol. The van der Waals surface area contributed by atoms with Gasteiger partial charge in [-0.2, -0.15) is 11.8 Å². The standard InChI is InChI=1S/C24H33N9O4S/c25-15(23(36)27-9-14-8-16(32-31-14)13-4-2-1-3-5-13)6-7-38-10-17-19(34)20(35)24(37-17)33-12-30-18-21(26)28-11-29-22(18)33/h1-5,11-12,14-17,19-20,24,31-32,34-35H,6-10,25H2,(H,27,36)(H2,26,28,29)/t14?,15-,16?,17+,19+,20+,24+/m0/s1. The van der Waals surface area contributed by atoms with Crippen LogP contribution in [0.15, 0.2) is 43.0 Å². The molecule has 2 aliphatic rings. The number of benzene rings is 1. The fourth-order valence-electron chi connectivity index (χ4n) is 4.71. The normalized spacial score (nSPS) is 28.1. The van der Waals surface area contributed by atoms with Gasteiger partial charge in [0.25, 0.3) is 0 Å². The van der Waals surface area contributed by atoms with Gasteiger partial charge in [0.15, 0.2) is 17.7 Å². The molecule has 0 aliphatic carbocycles. The smallest absolute Gasteiger partial charge is 0.237 e. The highest BCUT2D eigenvalue weighted by Crippen LogP contribution is 2.33. The van der Waals surface area contributed by atoms with E-state index in [0.717, 1.165) is 6.42 Å². The van der Waals surface area contributed by atoms with Crippen molar-refractivity contribution in [2.24, 2.45) is 5.73 Å². The minimum atomic E-state index is -1.16. The summed E-state index contributed by atoms with van der Waals surface area (Å²) in [5.41, 5.74) is 20.5. The first kappa shape index (κ1) is 26.7. The third-order valence-electron chi connectivity index (χ3n) is 6.90. The number of carbonyl (C=O) groups is 1. The van der Waals surface area contributed by atoms with Gasteiger partial charge in [-0.3, -0.25) is 14.8 Å². The number of rotatable bonds is 10. The number of nitrogens with one attached hydrogen (secondary N) is 3. The van der Waals surface area contributed by atoms with Crippen molar-refractivity contribution in [1.29, 1.82) is 0 Å². The number of fused-ring (bicyclic) bond motifs is 1. The van der Waals surface area contributed by atoms with Crippen LogP contribution in [-0.4, -0.2) is 84.1 Å². The van der Waals surface area contributed by atoms with E-state index >= 15 is 0 Å². The number of aromatic nitrogens is 4. The fraction of sp³-hybridized carbons (Fsp3) is 0.500. The zero-order valence-corrected chi connectivity index (χ0v) is 21.5. The quantitative estimate of drug-likeness (QED) is 0.157. The van der Waals surface area contributed by atoms with Gasteiger partial charge in [-0.25, -0.2) is 20.4 Å². The van der Waals surface area contributed by atoms with Gasteiger partial charge >= 0.3 is 0 Å². The Kier molecular flexibility index (Phi) is 8.38. The summed E-state index contributed by atoms with van der Waals surface area (Å²) in [6.45, 7) is 0.483. The molecule has 2 aromatic heterocycles. The van der Waals surface area contributed by atoms with Crippen LogP contribution in [0.4, 0.5) is 5.82 Å². The zero-order chi connectivity index (χ0) is 26.6. The van der Waals surface area contributed by atoms with E-state index in [0.29, 0.717) is 35.6 Å². The lowest BCUT2D eigenvalue weighted by molar-refractivity contribution is -0.122. The highest BCUT2D eigenvalue weighted by atomic mass is 32.2. The number of aliphatic hydroxyl groups is 2. The molecule has 2 unspecified atom stereocenters. The van der Waals surface area contributed by atoms with Gasteiger partial charge in [0.05, 0.1) is 18.5 Å². The molecule has 7 atom stereocenters. The average molecular weight is 544 g/mol. The van der Waals surface area contributed by atoms with Crippen molar-refractivity contribution in [1.82, 2.24) is 35.7 Å². The molecule has 1 amide bonds. The van der Waals surface area contributed by atoms with Gasteiger partial charge in [0.1, 0.15) is 24.1 Å². The maximum atomic E-state index is 12.5. The number of thioether (sulfide) groups is 1. The van der Waals surface area contributed by atoms with Crippen LogP contribution in [0, 0.1) is 0 Å². The molecule has 0 spiro atoms. The number of carbonyl (C=O) groups excluding carboxylic acids is 1. The van der Waals surface area contributed by atoms with Crippen LogP contribution in [0.2, 0.25) is 0 Å². The predicted octanol–water partition coefficient (Wildman–Crippen LogP) is -0.798. The Morgan fingerprint density at radius 2 is 2.03 bits per heavy atom. The molecule has 2 saturated heterocycles.